The zero-order valence-corrected chi connectivity index (χ0v) is 13.6. The number of fused-ring (bicyclic) bond motifs is 1. The number of anilines is 1. The quantitative estimate of drug-likeness (QED) is 0.573. The highest BCUT2D eigenvalue weighted by molar-refractivity contribution is 7.15. The number of nitrogens with one attached hydrogen (secondary N) is 1. The van der Waals surface area contributed by atoms with E-state index in [9.17, 15) is 0 Å². The zero-order chi connectivity index (χ0) is 15.0. The van der Waals surface area contributed by atoms with Crippen molar-refractivity contribution in [3.8, 4) is 0 Å². The Morgan fingerprint density at radius 2 is 2.14 bits per heavy atom. The molecule has 1 aromatic carbocycles. The van der Waals surface area contributed by atoms with Gasteiger partial charge in [0.25, 0.3) is 0 Å². The Morgan fingerprint density at radius 1 is 1.33 bits per heavy atom. The molecule has 0 aliphatic rings. The number of benzene rings is 1. The molecule has 1 N–H and O–H groups in total. The van der Waals surface area contributed by atoms with E-state index in [1.807, 2.05) is 32.0 Å². The van der Waals surface area contributed by atoms with Crippen LogP contribution in [0.15, 0.2) is 28.7 Å². The molecule has 0 fully saturated rings. The van der Waals surface area contributed by atoms with E-state index in [0.717, 1.165) is 38.3 Å². The van der Waals surface area contributed by atoms with Gasteiger partial charge in [-0.15, -0.1) is 11.3 Å². The smallest absolute Gasteiger partial charge is 0.194 e. The minimum Gasteiger partial charge on any atom is -0.286 e. The minimum atomic E-state index is 0.729. The first-order valence-electron chi connectivity index (χ1n) is 6.54. The first kappa shape index (κ1) is 14.1. The van der Waals surface area contributed by atoms with Gasteiger partial charge in [-0.25, -0.2) is 4.98 Å². The highest BCUT2D eigenvalue weighted by Crippen LogP contribution is 2.21. The van der Waals surface area contributed by atoms with Gasteiger partial charge in [-0.05, 0) is 38.5 Å². The fourth-order valence-corrected chi connectivity index (χ4v) is 3.21. The Balaban J connectivity index is 1.86. The van der Waals surface area contributed by atoms with Crippen molar-refractivity contribution in [3.05, 3.63) is 51.2 Å². The Labute approximate surface area is 132 Å². The molecule has 0 saturated heterocycles. The van der Waals surface area contributed by atoms with Crippen molar-refractivity contribution in [2.24, 2.45) is 5.10 Å². The Bertz CT molecular complexity index is 832. The number of aryl methyl sites for hydroxylation is 3. The van der Waals surface area contributed by atoms with Gasteiger partial charge in [0.15, 0.2) is 4.96 Å². The van der Waals surface area contributed by atoms with Crippen LogP contribution in [0.25, 0.3) is 4.96 Å². The summed E-state index contributed by atoms with van der Waals surface area (Å²) in [6.07, 6.45) is 1.79. The van der Waals surface area contributed by atoms with Gasteiger partial charge in [-0.2, -0.15) is 5.10 Å². The molecule has 2 aromatic heterocycles. The predicted molar refractivity (Wildman–Crippen MR) is 89.9 cm³/mol. The van der Waals surface area contributed by atoms with E-state index < -0.39 is 0 Å². The molecule has 0 unspecified atom stereocenters. The lowest BCUT2D eigenvalue weighted by Crippen LogP contribution is -1.97. The van der Waals surface area contributed by atoms with Gasteiger partial charge < -0.3 is 0 Å². The summed E-state index contributed by atoms with van der Waals surface area (Å²) in [5, 5.41) is 7.11. The van der Waals surface area contributed by atoms with Gasteiger partial charge in [0.2, 0.25) is 0 Å². The monoisotopic (exact) mass is 318 g/mol. The van der Waals surface area contributed by atoms with Crippen LogP contribution in [0.4, 0.5) is 5.69 Å². The van der Waals surface area contributed by atoms with Gasteiger partial charge >= 0.3 is 0 Å². The van der Waals surface area contributed by atoms with Crippen LogP contribution >= 0.6 is 22.9 Å². The molecule has 3 rings (SSSR count). The number of hydrogen-bond acceptors (Lipinski definition) is 4. The summed E-state index contributed by atoms with van der Waals surface area (Å²) in [6.45, 7) is 6.03. The Morgan fingerprint density at radius 3 is 2.90 bits per heavy atom. The van der Waals surface area contributed by atoms with Crippen molar-refractivity contribution in [1.29, 1.82) is 0 Å². The first-order valence-corrected chi connectivity index (χ1v) is 7.80. The molecular weight excluding hydrogens is 304 g/mol. The minimum absolute atomic E-state index is 0.729. The number of hydrogen-bond donors (Lipinski definition) is 1. The third-order valence-electron chi connectivity index (χ3n) is 3.31. The molecule has 0 aliphatic carbocycles. The number of aromatic nitrogens is 2. The molecule has 6 heteroatoms. The number of imidazole rings is 1. The summed E-state index contributed by atoms with van der Waals surface area (Å²) in [7, 11) is 0. The van der Waals surface area contributed by atoms with E-state index in [2.05, 4.69) is 32.2 Å². The van der Waals surface area contributed by atoms with Gasteiger partial charge in [0, 0.05) is 16.1 Å². The highest BCUT2D eigenvalue weighted by Gasteiger charge is 2.10. The van der Waals surface area contributed by atoms with Gasteiger partial charge in [-0.1, -0.05) is 17.7 Å². The summed E-state index contributed by atoms with van der Waals surface area (Å²) in [6, 6.07) is 5.78. The molecule has 21 heavy (non-hydrogen) atoms. The summed E-state index contributed by atoms with van der Waals surface area (Å²) >= 11 is 7.73. The first-order chi connectivity index (χ1) is 10.1. The average molecular weight is 319 g/mol. The Hall–Kier alpha value is -1.85. The van der Waals surface area contributed by atoms with E-state index in [-0.39, 0.29) is 0 Å². The molecule has 3 aromatic rings. The summed E-state index contributed by atoms with van der Waals surface area (Å²) < 4.78 is 2.10. The maximum absolute atomic E-state index is 6.10. The molecule has 2 heterocycles. The summed E-state index contributed by atoms with van der Waals surface area (Å²) in [5.41, 5.74) is 8.04. The lowest BCUT2D eigenvalue weighted by atomic mass is 10.2. The number of rotatable bonds is 3. The molecule has 0 bridgehead atoms. The molecule has 0 saturated carbocycles. The van der Waals surface area contributed by atoms with E-state index in [1.54, 1.807) is 17.6 Å². The van der Waals surface area contributed by atoms with Gasteiger partial charge in [0.1, 0.15) is 0 Å². The molecule has 0 radical (unpaired) electrons. The van der Waals surface area contributed by atoms with Crippen LogP contribution < -0.4 is 5.43 Å². The van der Waals surface area contributed by atoms with E-state index in [4.69, 9.17) is 11.6 Å². The van der Waals surface area contributed by atoms with Crippen molar-refractivity contribution in [2.75, 3.05) is 5.43 Å². The molecule has 108 valence electrons. The van der Waals surface area contributed by atoms with E-state index >= 15 is 0 Å². The lowest BCUT2D eigenvalue weighted by molar-refractivity contribution is 1.11. The average Bonchev–Trinajstić information content (AvgIpc) is 2.95. The van der Waals surface area contributed by atoms with Crippen LogP contribution in [0, 0.1) is 20.8 Å². The summed E-state index contributed by atoms with van der Waals surface area (Å²) in [4.78, 5) is 5.52. The number of nitrogens with zero attached hydrogens (tertiary/aromatic N) is 3. The second kappa shape index (κ2) is 5.50. The molecule has 4 nitrogen and oxygen atoms in total. The maximum Gasteiger partial charge on any atom is 0.194 e. The molecular formula is C15H15ClN4S. The van der Waals surface area contributed by atoms with Crippen molar-refractivity contribution >= 4 is 39.8 Å². The van der Waals surface area contributed by atoms with Crippen LogP contribution in [0.1, 0.15) is 22.6 Å². The second-order valence-corrected chi connectivity index (χ2v) is 6.16. The third-order valence-corrected chi connectivity index (χ3v) is 4.66. The van der Waals surface area contributed by atoms with E-state index in [1.165, 1.54) is 0 Å². The predicted octanol–water partition coefficient (Wildman–Crippen LogP) is 4.42. The number of thiazole rings is 1. The fourth-order valence-electron chi connectivity index (χ4n) is 2.11. The van der Waals surface area contributed by atoms with E-state index in [0.29, 0.717) is 0 Å². The standard InChI is InChI=1S/C15H15ClN4S/c1-9-4-5-12(6-13(9)16)19-17-7-14-11(3)18-15-20(14)10(2)8-21-15/h4-8,19H,1-3H3/b17-7-. The van der Waals surface area contributed by atoms with Gasteiger partial charge in [0.05, 0.1) is 23.3 Å². The zero-order valence-electron chi connectivity index (χ0n) is 12.0. The molecule has 0 aliphatic heterocycles. The Kier molecular flexibility index (Phi) is 3.69. The topological polar surface area (TPSA) is 41.7 Å². The van der Waals surface area contributed by atoms with Crippen LogP contribution in [-0.4, -0.2) is 15.6 Å². The normalized spacial score (nSPS) is 11.6. The molecule has 0 atom stereocenters. The molecule has 0 spiro atoms. The summed E-state index contributed by atoms with van der Waals surface area (Å²) in [5.74, 6) is 0. The van der Waals surface area contributed by atoms with Gasteiger partial charge in [-0.3, -0.25) is 9.83 Å². The lowest BCUT2D eigenvalue weighted by Gasteiger charge is -2.03. The number of hydrazone groups is 1. The van der Waals surface area contributed by atoms with Crippen molar-refractivity contribution < 1.29 is 0 Å². The second-order valence-electron chi connectivity index (χ2n) is 4.91. The van der Waals surface area contributed by atoms with Crippen LogP contribution in [0.3, 0.4) is 0 Å². The van der Waals surface area contributed by atoms with Crippen LogP contribution in [0.5, 0.6) is 0 Å². The fraction of sp³-hybridized carbons (Fsp3) is 0.200. The third kappa shape index (κ3) is 2.66. The van der Waals surface area contributed by atoms with Crippen molar-refractivity contribution in [1.82, 2.24) is 9.38 Å². The number of halogens is 1. The maximum atomic E-state index is 6.10. The molecule has 0 amide bonds. The van der Waals surface area contributed by atoms with Crippen molar-refractivity contribution in [2.45, 2.75) is 20.8 Å². The largest absolute Gasteiger partial charge is 0.286 e. The van der Waals surface area contributed by atoms with Crippen molar-refractivity contribution in [3.63, 3.8) is 0 Å². The SMILES string of the molecule is Cc1ccc(N/N=C\c2c(C)nc3scc(C)n23)cc1Cl. The van der Waals surface area contributed by atoms with Crippen LogP contribution in [0.2, 0.25) is 5.02 Å². The highest BCUT2D eigenvalue weighted by atomic mass is 35.5. The van der Waals surface area contributed by atoms with Crippen LogP contribution in [-0.2, 0) is 0 Å².